The van der Waals surface area contributed by atoms with Gasteiger partial charge in [0.25, 0.3) is 0 Å². The zero-order chi connectivity index (χ0) is 9.94. The molecule has 0 aromatic rings. The summed E-state index contributed by atoms with van der Waals surface area (Å²) in [5.74, 6) is 0. The van der Waals surface area contributed by atoms with Crippen molar-refractivity contribution < 1.29 is 0 Å². The van der Waals surface area contributed by atoms with Crippen LogP contribution in [-0.2, 0) is 0 Å². The third-order valence-electron chi connectivity index (χ3n) is 2.32. The summed E-state index contributed by atoms with van der Waals surface area (Å²) in [7, 11) is 0. The molecule has 0 aromatic carbocycles. The van der Waals surface area contributed by atoms with Gasteiger partial charge in [-0.05, 0) is 18.9 Å². The molecule has 0 rings (SSSR count). The van der Waals surface area contributed by atoms with Crippen LogP contribution in [0.15, 0.2) is 0 Å². The first kappa shape index (κ1) is 13.7. The van der Waals surface area contributed by atoms with Crippen LogP contribution in [0, 0.1) is 0 Å². The molecule has 0 aliphatic heterocycles. The van der Waals surface area contributed by atoms with Crippen LogP contribution in [0.25, 0.3) is 0 Å². The molecule has 0 spiro atoms. The minimum Gasteiger partial charge on any atom is -0.151 e. The monoisotopic (exact) mass is 220 g/mol. The molecule has 0 aromatic heterocycles. The van der Waals surface area contributed by atoms with Gasteiger partial charge in [0.2, 0.25) is 0 Å². The summed E-state index contributed by atoms with van der Waals surface area (Å²) in [5, 5.41) is 0. The van der Waals surface area contributed by atoms with E-state index in [-0.39, 0.29) is 0 Å². The molecule has 0 aliphatic rings. The van der Waals surface area contributed by atoms with E-state index in [1.807, 2.05) is 23.5 Å². The first-order valence-electron chi connectivity index (χ1n) is 5.40. The zero-order valence-corrected chi connectivity index (χ0v) is 11.0. The van der Waals surface area contributed by atoms with E-state index in [0.717, 1.165) is 4.58 Å². The van der Waals surface area contributed by atoms with Crippen LogP contribution in [0.3, 0.4) is 0 Å². The van der Waals surface area contributed by atoms with Gasteiger partial charge in [0, 0.05) is 4.58 Å². The fourth-order valence-corrected chi connectivity index (χ4v) is 3.00. The molecular formula is C11H24S2. The third-order valence-corrected chi connectivity index (χ3v) is 5.00. The molecule has 0 saturated carbocycles. The minimum atomic E-state index is 0.839. The van der Waals surface area contributed by atoms with Crippen LogP contribution in [0.5, 0.6) is 0 Å². The highest BCUT2D eigenvalue weighted by molar-refractivity contribution is 8.16. The highest BCUT2D eigenvalue weighted by Crippen LogP contribution is 2.24. The molecule has 0 saturated heterocycles. The van der Waals surface area contributed by atoms with Gasteiger partial charge in [0.15, 0.2) is 0 Å². The fourth-order valence-electron chi connectivity index (χ4n) is 1.42. The van der Waals surface area contributed by atoms with Crippen LogP contribution in [0.2, 0.25) is 0 Å². The maximum absolute atomic E-state index is 2.28. The second-order valence-electron chi connectivity index (χ2n) is 3.46. The van der Waals surface area contributed by atoms with Crippen LogP contribution in [0.4, 0.5) is 0 Å². The molecule has 2 heteroatoms. The van der Waals surface area contributed by atoms with Crippen molar-refractivity contribution in [2.75, 3.05) is 12.5 Å². The normalized spacial score (nSPS) is 11.1. The average Bonchev–Trinajstić information content (AvgIpc) is 2.17. The van der Waals surface area contributed by atoms with Gasteiger partial charge in [-0.3, -0.25) is 0 Å². The van der Waals surface area contributed by atoms with Crippen molar-refractivity contribution in [1.82, 2.24) is 0 Å². The maximum atomic E-state index is 2.28. The lowest BCUT2D eigenvalue weighted by Gasteiger charge is -2.10. The molecule has 0 radical (unpaired) electrons. The summed E-state index contributed by atoms with van der Waals surface area (Å²) in [6, 6.07) is 0. The average molecular weight is 220 g/mol. The molecule has 80 valence electrons. The van der Waals surface area contributed by atoms with Crippen LogP contribution >= 0.6 is 23.5 Å². The number of hydrogen-bond acceptors (Lipinski definition) is 2. The standard InChI is InChI=1S/C11H24S2/c1-4-5-6-7-8-9-10-11(12-2)13-3/h11H,4-10H2,1-3H3. The van der Waals surface area contributed by atoms with Crippen LogP contribution in [-0.4, -0.2) is 17.1 Å². The van der Waals surface area contributed by atoms with Crippen molar-refractivity contribution in [3.63, 3.8) is 0 Å². The first-order chi connectivity index (χ1) is 6.35. The van der Waals surface area contributed by atoms with Crippen molar-refractivity contribution in [3.8, 4) is 0 Å². The number of thioether (sulfide) groups is 2. The minimum absolute atomic E-state index is 0.839. The number of unbranched alkanes of at least 4 members (excludes halogenated alkanes) is 5. The van der Waals surface area contributed by atoms with E-state index in [9.17, 15) is 0 Å². The van der Waals surface area contributed by atoms with Gasteiger partial charge in [-0.2, -0.15) is 23.5 Å². The van der Waals surface area contributed by atoms with E-state index in [1.165, 1.54) is 44.9 Å². The molecule has 13 heavy (non-hydrogen) atoms. The second-order valence-corrected chi connectivity index (χ2v) is 5.84. The Morgan fingerprint density at radius 1 is 0.846 bits per heavy atom. The predicted molar refractivity (Wildman–Crippen MR) is 68.8 cm³/mol. The van der Waals surface area contributed by atoms with Gasteiger partial charge in [-0.15, -0.1) is 0 Å². The summed E-state index contributed by atoms with van der Waals surface area (Å²) in [6.45, 7) is 2.28. The fraction of sp³-hybridized carbons (Fsp3) is 1.00. The molecule has 0 atom stereocenters. The van der Waals surface area contributed by atoms with Gasteiger partial charge in [-0.1, -0.05) is 45.4 Å². The van der Waals surface area contributed by atoms with Crippen LogP contribution < -0.4 is 0 Å². The lowest BCUT2D eigenvalue weighted by atomic mass is 10.1. The highest BCUT2D eigenvalue weighted by Gasteiger charge is 2.02. The quantitative estimate of drug-likeness (QED) is 0.405. The molecule has 0 N–H and O–H groups in total. The third kappa shape index (κ3) is 9.01. The Kier molecular flexibility index (Phi) is 11.4. The van der Waals surface area contributed by atoms with Crippen molar-refractivity contribution in [1.29, 1.82) is 0 Å². The van der Waals surface area contributed by atoms with E-state index in [4.69, 9.17) is 0 Å². The van der Waals surface area contributed by atoms with Crippen molar-refractivity contribution >= 4 is 23.5 Å². The van der Waals surface area contributed by atoms with Gasteiger partial charge in [-0.25, -0.2) is 0 Å². The SMILES string of the molecule is CCCCCCCCC(SC)SC. The Bertz CT molecular complexity index is 90.1. The van der Waals surface area contributed by atoms with E-state index < -0.39 is 0 Å². The lowest BCUT2D eigenvalue weighted by Crippen LogP contribution is -1.94. The van der Waals surface area contributed by atoms with Gasteiger partial charge >= 0.3 is 0 Å². The van der Waals surface area contributed by atoms with E-state index in [2.05, 4.69) is 19.4 Å². The number of hydrogen-bond donors (Lipinski definition) is 0. The smallest absolute Gasteiger partial charge is 0.0496 e. The van der Waals surface area contributed by atoms with Gasteiger partial charge in [0.1, 0.15) is 0 Å². The number of rotatable bonds is 9. The van der Waals surface area contributed by atoms with E-state index in [1.54, 1.807) is 0 Å². The Balaban J connectivity index is 3.05. The molecule has 0 fully saturated rings. The van der Waals surface area contributed by atoms with Crippen molar-refractivity contribution in [2.45, 2.75) is 56.5 Å². The highest BCUT2D eigenvalue weighted by atomic mass is 32.2. The van der Waals surface area contributed by atoms with E-state index >= 15 is 0 Å². The predicted octanol–water partition coefficient (Wildman–Crippen LogP) is 4.79. The molecule has 0 unspecified atom stereocenters. The first-order valence-corrected chi connectivity index (χ1v) is 7.98. The summed E-state index contributed by atoms with van der Waals surface area (Å²) in [6.07, 6.45) is 14.4. The largest absolute Gasteiger partial charge is 0.151 e. The molecule has 0 aliphatic carbocycles. The molecule has 0 amide bonds. The van der Waals surface area contributed by atoms with Crippen molar-refractivity contribution in [3.05, 3.63) is 0 Å². The molecule has 0 bridgehead atoms. The van der Waals surface area contributed by atoms with Gasteiger partial charge < -0.3 is 0 Å². The maximum Gasteiger partial charge on any atom is 0.0496 e. The van der Waals surface area contributed by atoms with Crippen molar-refractivity contribution in [2.24, 2.45) is 0 Å². The summed E-state index contributed by atoms with van der Waals surface area (Å²) >= 11 is 4.00. The Labute approximate surface area is 92.6 Å². The summed E-state index contributed by atoms with van der Waals surface area (Å²) in [4.78, 5) is 0. The van der Waals surface area contributed by atoms with Gasteiger partial charge in [0.05, 0.1) is 0 Å². The molecule has 0 nitrogen and oxygen atoms in total. The Hall–Kier alpha value is 0.700. The topological polar surface area (TPSA) is 0 Å². The Morgan fingerprint density at radius 2 is 1.38 bits per heavy atom. The van der Waals surface area contributed by atoms with E-state index in [0.29, 0.717) is 0 Å². The molecule has 0 heterocycles. The lowest BCUT2D eigenvalue weighted by molar-refractivity contribution is 0.600. The Morgan fingerprint density at radius 3 is 1.92 bits per heavy atom. The van der Waals surface area contributed by atoms with Crippen LogP contribution in [0.1, 0.15) is 51.9 Å². The summed E-state index contributed by atoms with van der Waals surface area (Å²) in [5.41, 5.74) is 0. The zero-order valence-electron chi connectivity index (χ0n) is 9.34. The molecular weight excluding hydrogens is 196 g/mol. The summed E-state index contributed by atoms with van der Waals surface area (Å²) < 4.78 is 0.839. The second kappa shape index (κ2) is 10.8.